The number of hydrogen-bond acceptors (Lipinski definition) is 0. The third kappa shape index (κ3) is 5.60. The van der Waals surface area contributed by atoms with Crippen LogP contribution < -0.4 is 0 Å². The first kappa shape index (κ1) is 31.7. The molecule has 1 heteroatoms. The zero-order valence-corrected chi connectivity index (χ0v) is 30.5. The van der Waals surface area contributed by atoms with Gasteiger partial charge in [-0.3, -0.25) is 0 Å². The minimum atomic E-state index is -1.75. The van der Waals surface area contributed by atoms with Crippen LogP contribution in [-0.4, -0.2) is 41.0 Å². The summed E-state index contributed by atoms with van der Waals surface area (Å²) < 4.78 is 0.355. The second-order valence-electron chi connectivity index (χ2n) is 17.9. The summed E-state index contributed by atoms with van der Waals surface area (Å²) in [6.07, 6.45) is 10.6. The molecule has 0 bridgehead atoms. The molecule has 0 saturated heterocycles. The van der Waals surface area contributed by atoms with Gasteiger partial charge in [-0.25, -0.2) is 0 Å². The predicted molar refractivity (Wildman–Crippen MR) is 160 cm³/mol. The SMILES string of the molecule is CC(C)(C)C1=C(C(C)(C)C)[C]([Sr][C]2(C(C)(C)C)C=CC(C(C)(C)C)=C2C(C)(C)C)(C(C)(C)C)C=C1. The van der Waals surface area contributed by atoms with Gasteiger partial charge in [0.1, 0.15) is 0 Å². The monoisotopic (exact) mass is 554 g/mol. The van der Waals surface area contributed by atoms with Gasteiger partial charge in [-0.05, 0) is 0 Å². The van der Waals surface area contributed by atoms with E-state index in [0.717, 1.165) is 0 Å². The van der Waals surface area contributed by atoms with Crippen LogP contribution in [0.4, 0.5) is 0 Å². The molecule has 2 rings (SSSR count). The van der Waals surface area contributed by atoms with Crippen LogP contribution in [0, 0.1) is 32.5 Å². The van der Waals surface area contributed by atoms with E-state index >= 15 is 0 Å². The number of hydrogen-bond donors (Lipinski definition) is 0. The summed E-state index contributed by atoms with van der Waals surface area (Å²) in [6, 6.07) is 0. The maximum absolute atomic E-state index is 2.72. The van der Waals surface area contributed by atoms with E-state index in [0.29, 0.717) is 0 Å². The molecule has 0 nitrogen and oxygen atoms in total. The fourth-order valence-electron chi connectivity index (χ4n) is 7.18. The molecular formula is C34H58Sr. The Balaban J connectivity index is 3.06. The zero-order valence-electron chi connectivity index (χ0n) is 27.0. The first-order chi connectivity index (χ1) is 15.1. The van der Waals surface area contributed by atoms with Crippen molar-refractivity contribution in [2.45, 2.75) is 125 Å². The van der Waals surface area contributed by atoms with Crippen molar-refractivity contribution in [3.63, 3.8) is 0 Å². The summed E-state index contributed by atoms with van der Waals surface area (Å²) >= 11 is -1.75. The van der Waals surface area contributed by atoms with E-state index < -0.39 is 41.0 Å². The fraction of sp³-hybridized carbons (Fsp3) is 0.765. The van der Waals surface area contributed by atoms with Gasteiger partial charge in [0.05, 0.1) is 0 Å². The quantitative estimate of drug-likeness (QED) is 0.298. The van der Waals surface area contributed by atoms with E-state index in [1.807, 2.05) is 0 Å². The van der Waals surface area contributed by atoms with Gasteiger partial charge in [-0.2, -0.15) is 0 Å². The van der Waals surface area contributed by atoms with E-state index in [-0.39, 0.29) is 33.3 Å². The molecule has 0 aromatic heterocycles. The Kier molecular flexibility index (Phi) is 8.13. The normalized spacial score (nSPS) is 26.8. The maximum atomic E-state index is 2.72. The van der Waals surface area contributed by atoms with Crippen molar-refractivity contribution in [2.24, 2.45) is 32.5 Å². The molecule has 0 aromatic carbocycles. The Morgan fingerprint density at radius 1 is 0.429 bits per heavy atom. The molecule has 2 unspecified atom stereocenters. The van der Waals surface area contributed by atoms with Gasteiger partial charge in [-0.15, -0.1) is 0 Å². The fourth-order valence-corrected chi connectivity index (χ4v) is 17.5. The van der Waals surface area contributed by atoms with E-state index in [4.69, 9.17) is 0 Å². The van der Waals surface area contributed by atoms with Crippen LogP contribution in [0.1, 0.15) is 125 Å². The molecule has 196 valence electrons. The van der Waals surface area contributed by atoms with Crippen molar-refractivity contribution in [2.75, 3.05) is 0 Å². The summed E-state index contributed by atoms with van der Waals surface area (Å²) in [5.74, 6) is 0. The van der Waals surface area contributed by atoms with Crippen LogP contribution in [-0.2, 0) is 0 Å². The van der Waals surface area contributed by atoms with E-state index in [1.165, 1.54) is 0 Å². The van der Waals surface area contributed by atoms with E-state index in [2.05, 4.69) is 149 Å². The van der Waals surface area contributed by atoms with E-state index in [9.17, 15) is 0 Å². The Morgan fingerprint density at radius 3 is 0.857 bits per heavy atom. The molecule has 0 fully saturated rings. The van der Waals surface area contributed by atoms with Crippen LogP contribution in [0.3, 0.4) is 0 Å². The summed E-state index contributed by atoms with van der Waals surface area (Å²) in [4.78, 5) is 0. The van der Waals surface area contributed by atoms with Gasteiger partial charge in [0.2, 0.25) is 0 Å². The molecule has 35 heavy (non-hydrogen) atoms. The second kappa shape index (κ2) is 8.99. The van der Waals surface area contributed by atoms with E-state index in [1.54, 1.807) is 22.3 Å². The Labute approximate surface area is 243 Å². The van der Waals surface area contributed by atoms with Crippen LogP contribution in [0.15, 0.2) is 46.6 Å². The molecule has 0 radical (unpaired) electrons. The Morgan fingerprint density at radius 2 is 0.686 bits per heavy atom. The molecular weight excluding hydrogens is 496 g/mol. The van der Waals surface area contributed by atoms with Crippen LogP contribution in [0.5, 0.6) is 0 Å². The van der Waals surface area contributed by atoms with Gasteiger partial charge >= 0.3 is 246 Å². The van der Waals surface area contributed by atoms with Crippen LogP contribution >= 0.6 is 0 Å². The summed E-state index contributed by atoms with van der Waals surface area (Å²) in [5.41, 5.74) is 7.61. The zero-order chi connectivity index (χ0) is 27.8. The van der Waals surface area contributed by atoms with Crippen molar-refractivity contribution < 1.29 is 0 Å². The molecule has 0 saturated carbocycles. The molecule has 0 aliphatic heterocycles. The average molecular weight is 554 g/mol. The van der Waals surface area contributed by atoms with Crippen molar-refractivity contribution in [1.82, 2.24) is 0 Å². The molecule has 0 N–H and O–H groups in total. The first-order valence-electron chi connectivity index (χ1n) is 14.0. The number of rotatable bonds is 2. The van der Waals surface area contributed by atoms with Crippen molar-refractivity contribution >= 4 is 41.0 Å². The first-order valence-corrected chi connectivity index (χ1v) is 17.5. The third-order valence-electron chi connectivity index (χ3n) is 8.85. The molecule has 0 spiro atoms. The summed E-state index contributed by atoms with van der Waals surface area (Å²) in [7, 11) is 0. The van der Waals surface area contributed by atoms with Crippen molar-refractivity contribution in [1.29, 1.82) is 0 Å². The standard InChI is InChI=1S/2C17H29.Sr/c2*1-15(2,3)12-10-11-13(16(4,5)6)14(12)17(7,8)9;/h2*10-11H,1-9H3;. The Hall–Kier alpha value is 0.441. The molecule has 2 atom stereocenters. The van der Waals surface area contributed by atoms with Crippen molar-refractivity contribution in [3.05, 3.63) is 46.6 Å². The summed E-state index contributed by atoms with van der Waals surface area (Å²) in [5, 5.41) is 0. The van der Waals surface area contributed by atoms with Crippen LogP contribution in [0.2, 0.25) is 0.772 Å². The molecule has 0 heterocycles. The predicted octanol–water partition coefficient (Wildman–Crippen LogP) is 11.0. The van der Waals surface area contributed by atoms with Crippen LogP contribution in [0.25, 0.3) is 0 Å². The minimum absolute atomic E-state index is 0.135. The molecule has 2 aliphatic rings. The van der Waals surface area contributed by atoms with Gasteiger partial charge in [-0.1, -0.05) is 0 Å². The van der Waals surface area contributed by atoms with Gasteiger partial charge in [0, 0.05) is 0 Å². The van der Waals surface area contributed by atoms with Gasteiger partial charge < -0.3 is 0 Å². The van der Waals surface area contributed by atoms with Crippen molar-refractivity contribution in [3.8, 4) is 0 Å². The molecule has 0 aromatic rings. The summed E-state index contributed by atoms with van der Waals surface area (Å²) in [6.45, 7) is 44.6. The average Bonchev–Trinajstić information content (AvgIpc) is 3.12. The van der Waals surface area contributed by atoms with Gasteiger partial charge in [0.25, 0.3) is 0 Å². The Bertz CT molecular complexity index is 873. The second-order valence-corrected chi connectivity index (χ2v) is 24.2. The van der Waals surface area contributed by atoms with Gasteiger partial charge in [0.15, 0.2) is 0 Å². The molecule has 0 amide bonds. The topological polar surface area (TPSA) is 0 Å². The number of allylic oxidation sites excluding steroid dienone is 8. The molecule has 2 aliphatic carbocycles. The third-order valence-corrected chi connectivity index (χ3v) is 19.7.